The quantitative estimate of drug-likeness (QED) is 0.753. The third-order valence-electron chi connectivity index (χ3n) is 4.34. The Bertz CT molecular complexity index is 899. The van der Waals surface area contributed by atoms with E-state index in [1.807, 2.05) is 52.0 Å². The van der Waals surface area contributed by atoms with E-state index in [4.69, 9.17) is 0 Å². The van der Waals surface area contributed by atoms with Gasteiger partial charge in [-0.15, -0.1) is 10.2 Å². The smallest absolute Gasteiger partial charge is 0.246 e. The number of hydrogen-bond acceptors (Lipinski definition) is 5. The van der Waals surface area contributed by atoms with Crippen LogP contribution in [-0.2, 0) is 9.59 Å². The molecule has 7 heteroatoms. The summed E-state index contributed by atoms with van der Waals surface area (Å²) in [6.45, 7) is 7.77. The second-order valence-corrected chi connectivity index (χ2v) is 7.59. The van der Waals surface area contributed by atoms with Gasteiger partial charge in [-0.3, -0.25) is 9.59 Å². The van der Waals surface area contributed by atoms with Crippen LogP contribution in [0.4, 0.5) is 0 Å². The second-order valence-electron chi connectivity index (χ2n) is 6.62. The van der Waals surface area contributed by atoms with Crippen LogP contribution in [0.3, 0.4) is 0 Å². The Morgan fingerprint density at radius 1 is 1.00 bits per heavy atom. The first-order chi connectivity index (χ1) is 13.0. The van der Waals surface area contributed by atoms with Crippen molar-refractivity contribution in [3.63, 3.8) is 0 Å². The van der Waals surface area contributed by atoms with Crippen LogP contribution in [0.1, 0.15) is 56.5 Å². The van der Waals surface area contributed by atoms with Crippen LogP contribution in [0, 0.1) is 13.8 Å². The average Bonchev–Trinajstić information content (AvgIpc) is 3.02. The van der Waals surface area contributed by atoms with Crippen LogP contribution >= 0.6 is 11.8 Å². The Hall–Kier alpha value is -2.41. The highest BCUT2D eigenvalue weighted by Gasteiger charge is 2.35. The summed E-state index contributed by atoms with van der Waals surface area (Å²) in [6.07, 6.45) is 2.28. The van der Waals surface area contributed by atoms with Crippen molar-refractivity contribution in [1.82, 2.24) is 14.9 Å². The van der Waals surface area contributed by atoms with Gasteiger partial charge in [0.2, 0.25) is 11.1 Å². The number of rotatable bonds is 6. The number of Topliss-reactive ketones (excluding diaryl/α,β-unsaturated/α-hetero) is 1. The molecule has 1 aromatic heterocycles. The lowest BCUT2D eigenvalue weighted by atomic mass is 10.1. The molecule has 1 amide bonds. The van der Waals surface area contributed by atoms with Gasteiger partial charge in [-0.1, -0.05) is 43.7 Å². The van der Waals surface area contributed by atoms with Gasteiger partial charge in [0.05, 0.1) is 10.6 Å². The molecule has 0 bridgehead atoms. The van der Waals surface area contributed by atoms with Crippen molar-refractivity contribution in [2.24, 2.45) is 0 Å². The minimum atomic E-state index is -0.0701. The first kappa shape index (κ1) is 19.4. The van der Waals surface area contributed by atoms with Crippen LogP contribution in [0.5, 0.6) is 0 Å². The highest BCUT2D eigenvalue weighted by molar-refractivity contribution is 8.04. The molecule has 0 unspecified atom stereocenters. The zero-order valence-corrected chi connectivity index (χ0v) is 17.0. The highest BCUT2D eigenvalue weighted by atomic mass is 32.2. The molecule has 0 spiro atoms. The fourth-order valence-electron chi connectivity index (χ4n) is 3.02. The first-order valence-corrected chi connectivity index (χ1v) is 10.1. The van der Waals surface area contributed by atoms with Crippen LogP contribution in [0.25, 0.3) is 5.70 Å². The molecule has 1 aromatic carbocycles. The maximum absolute atomic E-state index is 13.1. The lowest BCUT2D eigenvalue weighted by Gasteiger charge is -2.33. The summed E-state index contributed by atoms with van der Waals surface area (Å²) < 4.78 is 1.72. The summed E-state index contributed by atoms with van der Waals surface area (Å²) in [7, 11) is 0. The molecule has 0 radical (unpaired) electrons. The van der Waals surface area contributed by atoms with E-state index in [9.17, 15) is 9.59 Å². The molecule has 3 rings (SSSR count). The fraction of sp³-hybridized carbons (Fsp3) is 0.400. The van der Waals surface area contributed by atoms with E-state index < -0.39 is 0 Å². The highest BCUT2D eigenvalue weighted by Crippen LogP contribution is 2.40. The van der Waals surface area contributed by atoms with Crippen molar-refractivity contribution < 1.29 is 9.59 Å². The molecule has 0 aliphatic carbocycles. The van der Waals surface area contributed by atoms with Gasteiger partial charge in [0.15, 0.2) is 11.6 Å². The van der Waals surface area contributed by atoms with Crippen LogP contribution < -0.4 is 5.01 Å². The first-order valence-electron chi connectivity index (χ1n) is 9.25. The summed E-state index contributed by atoms with van der Waals surface area (Å²) in [5.41, 5.74) is 2.60. The summed E-state index contributed by atoms with van der Waals surface area (Å²) in [6, 6.07) is 7.90. The van der Waals surface area contributed by atoms with Crippen LogP contribution in [-0.4, -0.2) is 26.6 Å². The standard InChI is InChI=1S/C20H24N4O2S/c1-5-7-16(25)19-18(15-11-9-13(3)10-12-15)24(17(26)8-6-2)23-14(4)21-22-20(23)27-19/h9-12H,5-8H2,1-4H3. The molecular formula is C20H24N4O2S. The zero-order valence-electron chi connectivity index (χ0n) is 16.2. The van der Waals surface area contributed by atoms with Gasteiger partial charge >= 0.3 is 0 Å². The lowest BCUT2D eigenvalue weighted by molar-refractivity contribution is -0.119. The molecule has 1 aliphatic heterocycles. The number of carbonyl (C=O) groups excluding carboxylic acids is 2. The number of aryl methyl sites for hydroxylation is 2. The van der Waals surface area contributed by atoms with E-state index in [-0.39, 0.29) is 11.7 Å². The zero-order chi connectivity index (χ0) is 19.6. The van der Waals surface area contributed by atoms with Crippen molar-refractivity contribution >= 4 is 29.1 Å². The van der Waals surface area contributed by atoms with Gasteiger partial charge in [-0.05, 0) is 38.5 Å². The van der Waals surface area contributed by atoms with Crippen molar-refractivity contribution in [2.75, 3.05) is 5.01 Å². The molecule has 0 fully saturated rings. The Balaban J connectivity index is 2.24. The van der Waals surface area contributed by atoms with E-state index in [1.54, 1.807) is 9.69 Å². The molecular weight excluding hydrogens is 360 g/mol. The van der Waals surface area contributed by atoms with Crippen molar-refractivity contribution in [3.8, 4) is 0 Å². The van der Waals surface area contributed by atoms with Gasteiger partial charge in [0.25, 0.3) is 0 Å². The van der Waals surface area contributed by atoms with E-state index >= 15 is 0 Å². The number of fused-ring (bicyclic) bond motifs is 1. The molecule has 6 nitrogen and oxygen atoms in total. The number of hydrogen-bond donors (Lipinski definition) is 0. The number of thioether (sulfide) groups is 1. The predicted octanol–water partition coefficient (Wildman–Crippen LogP) is 4.00. The van der Waals surface area contributed by atoms with Crippen molar-refractivity contribution in [2.45, 2.75) is 58.5 Å². The molecule has 2 heterocycles. The summed E-state index contributed by atoms with van der Waals surface area (Å²) >= 11 is 1.30. The van der Waals surface area contributed by atoms with E-state index in [0.717, 1.165) is 24.0 Å². The van der Waals surface area contributed by atoms with Crippen molar-refractivity contribution in [3.05, 3.63) is 46.1 Å². The lowest BCUT2D eigenvalue weighted by Crippen LogP contribution is -2.42. The van der Waals surface area contributed by atoms with Gasteiger partial charge in [0, 0.05) is 18.4 Å². The second kappa shape index (κ2) is 8.08. The predicted molar refractivity (Wildman–Crippen MR) is 107 cm³/mol. The number of allylic oxidation sites excluding steroid dienone is 1. The number of amides is 1. The van der Waals surface area contributed by atoms with Gasteiger partial charge in [-0.2, -0.15) is 0 Å². The SMILES string of the molecule is CCCC(=O)C1=C(c2ccc(C)cc2)N(C(=O)CCC)n2c(C)nnc2S1. The molecule has 27 heavy (non-hydrogen) atoms. The number of nitrogens with zero attached hydrogens (tertiary/aromatic N) is 4. The molecule has 2 aromatic rings. The normalized spacial score (nSPS) is 13.7. The van der Waals surface area contributed by atoms with Crippen LogP contribution in [0.15, 0.2) is 34.3 Å². The Labute approximate surface area is 163 Å². The summed E-state index contributed by atoms with van der Waals surface area (Å²) in [4.78, 5) is 26.6. The number of aromatic nitrogens is 3. The van der Waals surface area contributed by atoms with E-state index in [0.29, 0.717) is 34.4 Å². The van der Waals surface area contributed by atoms with E-state index in [2.05, 4.69) is 10.2 Å². The van der Waals surface area contributed by atoms with Crippen molar-refractivity contribution in [1.29, 1.82) is 0 Å². The van der Waals surface area contributed by atoms with Gasteiger partial charge in [-0.25, -0.2) is 9.69 Å². The number of ketones is 1. The molecule has 0 saturated heterocycles. The maximum Gasteiger partial charge on any atom is 0.246 e. The minimum absolute atomic E-state index is 0.0271. The molecule has 0 N–H and O–H groups in total. The molecule has 142 valence electrons. The fourth-order valence-corrected chi connectivity index (χ4v) is 4.10. The van der Waals surface area contributed by atoms with Crippen LogP contribution in [0.2, 0.25) is 0 Å². The Morgan fingerprint density at radius 2 is 1.67 bits per heavy atom. The largest absolute Gasteiger partial charge is 0.294 e. The minimum Gasteiger partial charge on any atom is -0.294 e. The Kier molecular flexibility index (Phi) is 5.79. The number of benzene rings is 1. The molecule has 0 saturated carbocycles. The maximum atomic E-state index is 13.1. The van der Waals surface area contributed by atoms with E-state index in [1.165, 1.54) is 11.8 Å². The molecule has 0 atom stereocenters. The summed E-state index contributed by atoms with van der Waals surface area (Å²) in [5, 5.41) is 10.5. The monoisotopic (exact) mass is 384 g/mol. The topological polar surface area (TPSA) is 68.1 Å². The average molecular weight is 385 g/mol. The Morgan fingerprint density at radius 3 is 2.30 bits per heavy atom. The third-order valence-corrected chi connectivity index (χ3v) is 5.41. The van der Waals surface area contributed by atoms with Gasteiger partial charge in [0.1, 0.15) is 0 Å². The third kappa shape index (κ3) is 3.69. The van der Waals surface area contributed by atoms with Gasteiger partial charge < -0.3 is 0 Å². The number of carbonyl (C=O) groups is 2. The molecule has 1 aliphatic rings. The summed E-state index contributed by atoms with van der Waals surface area (Å²) in [5.74, 6) is 0.576.